The zero-order valence-corrected chi connectivity index (χ0v) is 25.7. The zero-order valence-electron chi connectivity index (χ0n) is 25.7. The number of rotatable bonds is 10. The lowest BCUT2D eigenvalue weighted by molar-refractivity contribution is -0.129. The van der Waals surface area contributed by atoms with Crippen molar-refractivity contribution in [3.63, 3.8) is 0 Å². The molecule has 1 atom stereocenters. The van der Waals surface area contributed by atoms with Gasteiger partial charge in [-0.2, -0.15) is 0 Å². The van der Waals surface area contributed by atoms with E-state index < -0.39 is 0 Å². The van der Waals surface area contributed by atoms with Gasteiger partial charge in [0.2, 0.25) is 11.8 Å². The molecule has 2 N–H and O–H groups in total. The first-order valence-corrected chi connectivity index (χ1v) is 14.9. The Morgan fingerprint density at radius 3 is 2.63 bits per heavy atom. The summed E-state index contributed by atoms with van der Waals surface area (Å²) in [4.78, 5) is 43.4. The van der Waals surface area contributed by atoms with Crippen LogP contribution in [0.1, 0.15) is 18.0 Å². The molecule has 2 saturated heterocycles. The monoisotopic (exact) mass is 621 g/mol. The molecule has 3 heterocycles. The molecule has 2 amide bonds. The van der Waals surface area contributed by atoms with Crippen molar-refractivity contribution < 1.29 is 23.9 Å². The van der Waals surface area contributed by atoms with Crippen molar-refractivity contribution in [1.29, 1.82) is 0 Å². The summed E-state index contributed by atoms with van der Waals surface area (Å²) < 4.78 is 11.8. The van der Waals surface area contributed by atoms with Gasteiger partial charge in [-0.1, -0.05) is 36.9 Å². The molecule has 0 saturated carbocycles. The summed E-state index contributed by atoms with van der Waals surface area (Å²) in [6, 6.07) is 22.9. The van der Waals surface area contributed by atoms with E-state index in [1.165, 1.54) is 12.4 Å². The summed E-state index contributed by atoms with van der Waals surface area (Å²) in [6.45, 7) is 5.44. The van der Waals surface area contributed by atoms with Crippen LogP contribution in [0.5, 0.6) is 17.2 Å². The first-order chi connectivity index (χ1) is 22.4. The molecule has 2 aliphatic rings. The molecule has 6 rings (SSSR count). The molecule has 12 nitrogen and oxygen atoms in total. The molecule has 0 aliphatic carbocycles. The highest BCUT2D eigenvalue weighted by molar-refractivity contribution is 6.02. The molecule has 4 aromatic rings. The van der Waals surface area contributed by atoms with Crippen molar-refractivity contribution in [2.24, 2.45) is 0 Å². The van der Waals surface area contributed by atoms with E-state index in [2.05, 4.69) is 27.2 Å². The maximum absolute atomic E-state index is 12.5. The first-order valence-electron chi connectivity index (χ1n) is 14.9. The predicted molar refractivity (Wildman–Crippen MR) is 176 cm³/mol. The van der Waals surface area contributed by atoms with E-state index in [0.29, 0.717) is 54.1 Å². The van der Waals surface area contributed by atoms with Crippen molar-refractivity contribution in [2.75, 3.05) is 61.0 Å². The lowest BCUT2D eigenvalue weighted by atomic mass is 10.0. The number of piperazine rings is 1. The third kappa shape index (κ3) is 6.71. The minimum absolute atomic E-state index is 0.0141. The van der Waals surface area contributed by atoms with E-state index in [4.69, 9.17) is 14.3 Å². The predicted octanol–water partition coefficient (Wildman–Crippen LogP) is 5.31. The highest BCUT2D eigenvalue weighted by atomic mass is 16.7. The van der Waals surface area contributed by atoms with Crippen LogP contribution in [0.3, 0.4) is 0 Å². The third-order valence-electron chi connectivity index (χ3n) is 7.83. The zero-order chi connectivity index (χ0) is 32.0. The molecule has 0 spiro atoms. The Balaban J connectivity index is 1.26. The molecule has 12 heteroatoms. The van der Waals surface area contributed by atoms with Gasteiger partial charge in [0, 0.05) is 38.7 Å². The molecule has 0 radical (unpaired) electrons. The minimum atomic E-state index is -0.377. The quantitative estimate of drug-likeness (QED) is 0.226. The number of hydrogen-bond donors (Lipinski definition) is 2. The Morgan fingerprint density at radius 2 is 1.85 bits per heavy atom. The lowest BCUT2D eigenvalue weighted by Crippen LogP contribution is -2.48. The van der Waals surface area contributed by atoms with E-state index in [9.17, 15) is 9.59 Å². The van der Waals surface area contributed by atoms with Crippen LogP contribution in [0.15, 0.2) is 91.8 Å². The molecule has 0 bridgehead atoms. The van der Waals surface area contributed by atoms with Crippen LogP contribution in [-0.4, -0.2) is 67.1 Å². The van der Waals surface area contributed by atoms with Crippen LogP contribution in [0, 0.1) is 0 Å². The van der Waals surface area contributed by atoms with Gasteiger partial charge in [-0.25, -0.2) is 15.0 Å². The van der Waals surface area contributed by atoms with Crippen molar-refractivity contribution in [1.82, 2.24) is 14.9 Å². The van der Waals surface area contributed by atoms with Crippen molar-refractivity contribution in [3.8, 4) is 17.2 Å². The fourth-order valence-corrected chi connectivity index (χ4v) is 5.43. The van der Waals surface area contributed by atoms with Gasteiger partial charge in [0.1, 0.15) is 29.4 Å². The lowest BCUT2D eigenvalue weighted by Gasteiger charge is -2.35. The molecule has 2 fully saturated rings. The largest absolute Gasteiger partial charge is 0.494 e. The number of methoxy groups -OCH3 is 1. The summed E-state index contributed by atoms with van der Waals surface area (Å²) in [6.07, 6.45) is 3.42. The van der Waals surface area contributed by atoms with Gasteiger partial charge in [0.25, 0.3) is 0 Å². The number of carbonyl (C=O) groups excluding carboxylic acids is 2. The number of anilines is 5. The average molecular weight is 622 g/mol. The van der Waals surface area contributed by atoms with Gasteiger partial charge in [0.05, 0.1) is 43.4 Å². The standard InChI is InChI=1S/C34H35N7O5/c1-4-33(42)38-26-18-27(30(44-3)19-29(26)40-15-14-39(2)34(43)21-40)37-31-20-32(36-22-35-31)41-28(13-16-45-41)23-9-8-12-25(17-23)46-24-10-6-5-7-11-24/h4-12,17-20,22,28H,1,13-16,21H2,2-3H3,(H,38,42)(H,35,36,37). The maximum atomic E-state index is 12.5. The molecule has 3 aromatic carbocycles. The number of para-hydroxylation sites is 1. The number of hydroxylamine groups is 1. The molecular weight excluding hydrogens is 586 g/mol. The van der Waals surface area contributed by atoms with Crippen LogP contribution in [0.4, 0.5) is 28.7 Å². The van der Waals surface area contributed by atoms with Crippen LogP contribution < -0.4 is 30.1 Å². The van der Waals surface area contributed by atoms with Crippen molar-refractivity contribution in [3.05, 3.63) is 97.3 Å². The second-order valence-corrected chi connectivity index (χ2v) is 10.8. The summed E-state index contributed by atoms with van der Waals surface area (Å²) in [5.74, 6) is 2.67. The Kier molecular flexibility index (Phi) is 8.97. The number of ether oxygens (including phenoxy) is 2. The molecule has 1 unspecified atom stereocenters. The molecule has 46 heavy (non-hydrogen) atoms. The Labute approximate surface area is 267 Å². The normalized spacial score (nSPS) is 16.3. The number of carbonyl (C=O) groups is 2. The van der Waals surface area contributed by atoms with Gasteiger partial charge in [0.15, 0.2) is 5.82 Å². The van der Waals surface area contributed by atoms with Gasteiger partial charge in [-0.05, 0) is 42.0 Å². The van der Waals surface area contributed by atoms with Gasteiger partial charge < -0.3 is 29.9 Å². The second kappa shape index (κ2) is 13.6. The maximum Gasteiger partial charge on any atom is 0.247 e. The topological polar surface area (TPSA) is 121 Å². The number of nitrogens with one attached hydrogen (secondary N) is 2. The Bertz CT molecular complexity index is 1730. The Morgan fingerprint density at radius 1 is 1.02 bits per heavy atom. The van der Waals surface area contributed by atoms with Gasteiger partial charge >= 0.3 is 0 Å². The van der Waals surface area contributed by atoms with E-state index in [0.717, 1.165) is 23.5 Å². The Hall–Kier alpha value is -5.62. The first kappa shape index (κ1) is 30.4. The summed E-state index contributed by atoms with van der Waals surface area (Å²) in [5.41, 5.74) is 2.75. The summed E-state index contributed by atoms with van der Waals surface area (Å²) >= 11 is 0. The molecular formula is C34H35N7O5. The highest BCUT2D eigenvalue weighted by Gasteiger charge is 2.30. The highest BCUT2D eigenvalue weighted by Crippen LogP contribution is 2.40. The van der Waals surface area contributed by atoms with E-state index in [1.54, 1.807) is 42.3 Å². The average Bonchev–Trinajstić information content (AvgIpc) is 3.57. The van der Waals surface area contributed by atoms with Gasteiger partial charge in [-0.3, -0.25) is 14.4 Å². The summed E-state index contributed by atoms with van der Waals surface area (Å²) in [7, 11) is 3.34. The smallest absolute Gasteiger partial charge is 0.247 e. The number of amides is 2. The van der Waals surface area contributed by atoms with Gasteiger partial charge in [-0.15, -0.1) is 0 Å². The van der Waals surface area contributed by atoms with E-state index in [1.807, 2.05) is 59.5 Å². The van der Waals surface area contributed by atoms with Crippen LogP contribution in [-0.2, 0) is 14.4 Å². The fraction of sp³-hybridized carbons (Fsp3) is 0.235. The molecule has 1 aromatic heterocycles. The number of hydrogen-bond acceptors (Lipinski definition) is 10. The van der Waals surface area contributed by atoms with E-state index in [-0.39, 0.29) is 24.4 Å². The molecule has 2 aliphatic heterocycles. The number of likely N-dealkylation sites (N-methyl/N-ethyl adjacent to an activating group) is 1. The van der Waals surface area contributed by atoms with Crippen LogP contribution >= 0.6 is 0 Å². The fourth-order valence-electron chi connectivity index (χ4n) is 5.43. The number of aromatic nitrogens is 2. The van der Waals surface area contributed by atoms with Crippen LogP contribution in [0.2, 0.25) is 0 Å². The minimum Gasteiger partial charge on any atom is -0.494 e. The number of nitrogens with zero attached hydrogens (tertiary/aromatic N) is 5. The van der Waals surface area contributed by atoms with Crippen molar-refractivity contribution >= 4 is 40.5 Å². The van der Waals surface area contributed by atoms with Crippen LogP contribution in [0.25, 0.3) is 0 Å². The third-order valence-corrected chi connectivity index (χ3v) is 7.83. The molecule has 236 valence electrons. The summed E-state index contributed by atoms with van der Waals surface area (Å²) in [5, 5.41) is 7.96. The van der Waals surface area contributed by atoms with E-state index >= 15 is 0 Å². The van der Waals surface area contributed by atoms with Crippen molar-refractivity contribution in [2.45, 2.75) is 12.5 Å². The SMILES string of the molecule is C=CC(=O)Nc1cc(Nc2cc(N3OCCC3c3cccc(Oc4ccccc4)c3)ncn2)c(OC)cc1N1CCN(C)C(=O)C1. The number of benzene rings is 3. The second-order valence-electron chi connectivity index (χ2n) is 10.8.